The first-order valence-corrected chi connectivity index (χ1v) is 4.60. The quantitative estimate of drug-likeness (QED) is 0.838. The number of halogens is 1. The van der Waals surface area contributed by atoms with Crippen molar-refractivity contribution in [2.24, 2.45) is 0 Å². The minimum Gasteiger partial charge on any atom is -0.490 e. The van der Waals surface area contributed by atoms with Crippen LogP contribution in [0.3, 0.4) is 0 Å². The maximum atomic E-state index is 10.4. The standard InChI is InChI=1S/C10H11ClO3/c1-7(5-10(12)13)14-9-4-2-3-8(11)6-9/h2-4,6-7H,5H2,1H3,(H,12,13)/t7-/m1/s1. The molecule has 4 heteroatoms. The van der Waals surface area contributed by atoms with Gasteiger partial charge in [-0.05, 0) is 25.1 Å². The summed E-state index contributed by atoms with van der Waals surface area (Å²) in [6.07, 6.45) is -0.377. The van der Waals surface area contributed by atoms with Gasteiger partial charge in [-0.3, -0.25) is 4.79 Å². The number of ether oxygens (including phenoxy) is 1. The summed E-state index contributed by atoms with van der Waals surface area (Å²) in [5.74, 6) is -0.286. The number of carboxylic acid groups (broad SMARTS) is 1. The third-order valence-electron chi connectivity index (χ3n) is 1.60. The molecular formula is C10H11ClO3. The lowest BCUT2D eigenvalue weighted by molar-refractivity contribution is -0.138. The van der Waals surface area contributed by atoms with E-state index in [0.717, 1.165) is 0 Å². The molecule has 0 aromatic heterocycles. The number of carboxylic acids is 1. The van der Waals surface area contributed by atoms with Crippen LogP contribution in [-0.4, -0.2) is 17.2 Å². The molecule has 0 spiro atoms. The van der Waals surface area contributed by atoms with Crippen molar-refractivity contribution in [2.45, 2.75) is 19.4 Å². The Balaban J connectivity index is 2.55. The van der Waals surface area contributed by atoms with Gasteiger partial charge >= 0.3 is 5.97 Å². The number of hydrogen-bond acceptors (Lipinski definition) is 2. The fourth-order valence-electron chi connectivity index (χ4n) is 1.06. The molecule has 0 heterocycles. The first kappa shape index (κ1) is 10.9. The van der Waals surface area contributed by atoms with Gasteiger partial charge in [0.25, 0.3) is 0 Å². The number of carbonyl (C=O) groups is 1. The number of aliphatic carboxylic acids is 1. The average molecular weight is 215 g/mol. The first-order valence-electron chi connectivity index (χ1n) is 4.22. The Hall–Kier alpha value is -1.22. The topological polar surface area (TPSA) is 46.5 Å². The van der Waals surface area contributed by atoms with Crippen molar-refractivity contribution in [3.05, 3.63) is 29.3 Å². The van der Waals surface area contributed by atoms with Gasteiger partial charge in [-0.2, -0.15) is 0 Å². The zero-order chi connectivity index (χ0) is 10.6. The van der Waals surface area contributed by atoms with Crippen molar-refractivity contribution in [3.8, 4) is 5.75 Å². The molecule has 0 amide bonds. The van der Waals surface area contributed by atoms with E-state index in [0.29, 0.717) is 10.8 Å². The number of rotatable bonds is 4. The van der Waals surface area contributed by atoms with Gasteiger partial charge in [0, 0.05) is 5.02 Å². The molecule has 1 aromatic rings. The summed E-state index contributed by atoms with van der Waals surface area (Å²) in [6.45, 7) is 1.70. The van der Waals surface area contributed by atoms with Crippen LogP contribution < -0.4 is 4.74 Å². The van der Waals surface area contributed by atoms with E-state index in [1.54, 1.807) is 31.2 Å². The first-order chi connectivity index (χ1) is 6.58. The lowest BCUT2D eigenvalue weighted by Gasteiger charge is -2.12. The van der Waals surface area contributed by atoms with Crippen LogP contribution in [0.15, 0.2) is 24.3 Å². The van der Waals surface area contributed by atoms with Gasteiger partial charge in [0.15, 0.2) is 0 Å². The summed E-state index contributed by atoms with van der Waals surface area (Å²) in [6, 6.07) is 6.88. The average Bonchev–Trinajstić information content (AvgIpc) is 2.01. The summed E-state index contributed by atoms with van der Waals surface area (Å²) >= 11 is 5.74. The van der Waals surface area contributed by atoms with Gasteiger partial charge in [0.05, 0.1) is 6.42 Å². The van der Waals surface area contributed by atoms with Crippen molar-refractivity contribution in [1.82, 2.24) is 0 Å². The molecule has 14 heavy (non-hydrogen) atoms. The van der Waals surface area contributed by atoms with Crippen LogP contribution >= 0.6 is 11.6 Å². The highest BCUT2D eigenvalue weighted by molar-refractivity contribution is 6.30. The summed E-state index contributed by atoms with van der Waals surface area (Å²) in [4.78, 5) is 10.4. The number of benzene rings is 1. The normalized spacial score (nSPS) is 12.1. The summed E-state index contributed by atoms with van der Waals surface area (Å²) in [7, 11) is 0. The van der Waals surface area contributed by atoms with Gasteiger partial charge < -0.3 is 9.84 Å². The molecular weight excluding hydrogens is 204 g/mol. The fraction of sp³-hybridized carbons (Fsp3) is 0.300. The second kappa shape index (κ2) is 4.86. The molecule has 1 N–H and O–H groups in total. The second-order valence-corrected chi connectivity index (χ2v) is 3.42. The van der Waals surface area contributed by atoms with Crippen molar-refractivity contribution in [2.75, 3.05) is 0 Å². The minimum atomic E-state index is -0.875. The van der Waals surface area contributed by atoms with Crippen LogP contribution in [0.2, 0.25) is 5.02 Å². The van der Waals surface area contributed by atoms with E-state index >= 15 is 0 Å². The minimum absolute atomic E-state index is 0.0213. The fourth-order valence-corrected chi connectivity index (χ4v) is 1.24. The monoisotopic (exact) mass is 214 g/mol. The molecule has 0 aliphatic carbocycles. The summed E-state index contributed by atoms with van der Waals surface area (Å²) < 4.78 is 5.34. The highest BCUT2D eigenvalue weighted by Gasteiger charge is 2.08. The molecule has 0 saturated heterocycles. The Morgan fingerprint density at radius 2 is 2.36 bits per heavy atom. The second-order valence-electron chi connectivity index (χ2n) is 2.98. The van der Waals surface area contributed by atoms with Gasteiger partial charge in [-0.15, -0.1) is 0 Å². The molecule has 76 valence electrons. The van der Waals surface area contributed by atoms with Crippen molar-refractivity contribution in [3.63, 3.8) is 0 Å². The van der Waals surface area contributed by atoms with E-state index in [2.05, 4.69) is 0 Å². The van der Waals surface area contributed by atoms with E-state index in [9.17, 15) is 4.79 Å². The molecule has 0 bridgehead atoms. The lowest BCUT2D eigenvalue weighted by atomic mass is 10.3. The Kier molecular flexibility index (Phi) is 3.77. The Morgan fingerprint density at radius 3 is 2.93 bits per heavy atom. The van der Waals surface area contributed by atoms with Gasteiger partial charge in [0.1, 0.15) is 11.9 Å². The van der Waals surface area contributed by atoms with Crippen LogP contribution in [0.5, 0.6) is 5.75 Å². The molecule has 1 rings (SSSR count). The highest BCUT2D eigenvalue weighted by Crippen LogP contribution is 2.18. The van der Waals surface area contributed by atoms with E-state index in [1.165, 1.54) is 0 Å². The van der Waals surface area contributed by atoms with Crippen LogP contribution in [0, 0.1) is 0 Å². The molecule has 3 nitrogen and oxygen atoms in total. The maximum absolute atomic E-state index is 10.4. The van der Waals surface area contributed by atoms with Crippen molar-refractivity contribution < 1.29 is 14.6 Å². The molecule has 0 saturated carbocycles. The van der Waals surface area contributed by atoms with Gasteiger partial charge in [-0.1, -0.05) is 17.7 Å². The van der Waals surface area contributed by atoms with E-state index < -0.39 is 5.97 Å². The molecule has 0 unspecified atom stereocenters. The third kappa shape index (κ3) is 3.66. The SMILES string of the molecule is C[C@H](CC(=O)O)Oc1cccc(Cl)c1. The third-order valence-corrected chi connectivity index (χ3v) is 1.83. The maximum Gasteiger partial charge on any atom is 0.307 e. The van der Waals surface area contributed by atoms with Gasteiger partial charge in [0.2, 0.25) is 0 Å². The zero-order valence-corrected chi connectivity index (χ0v) is 8.49. The van der Waals surface area contributed by atoms with Crippen LogP contribution in [0.1, 0.15) is 13.3 Å². The zero-order valence-electron chi connectivity index (χ0n) is 7.74. The van der Waals surface area contributed by atoms with E-state index in [1.807, 2.05) is 0 Å². The van der Waals surface area contributed by atoms with Gasteiger partial charge in [-0.25, -0.2) is 0 Å². The Labute approximate surface area is 87.3 Å². The molecule has 0 aliphatic rings. The van der Waals surface area contributed by atoms with Crippen LogP contribution in [0.25, 0.3) is 0 Å². The Morgan fingerprint density at radius 1 is 1.64 bits per heavy atom. The Bertz CT molecular complexity index is 325. The molecule has 0 radical (unpaired) electrons. The highest BCUT2D eigenvalue weighted by atomic mass is 35.5. The summed E-state index contributed by atoms with van der Waals surface area (Å²) in [5.41, 5.74) is 0. The van der Waals surface area contributed by atoms with Crippen LogP contribution in [-0.2, 0) is 4.79 Å². The largest absolute Gasteiger partial charge is 0.490 e. The predicted octanol–water partition coefficient (Wildman–Crippen LogP) is 2.58. The molecule has 1 aromatic carbocycles. The number of hydrogen-bond donors (Lipinski definition) is 1. The predicted molar refractivity (Wildman–Crippen MR) is 53.8 cm³/mol. The van der Waals surface area contributed by atoms with E-state index in [-0.39, 0.29) is 12.5 Å². The van der Waals surface area contributed by atoms with E-state index in [4.69, 9.17) is 21.4 Å². The molecule has 0 fully saturated rings. The van der Waals surface area contributed by atoms with Crippen LogP contribution in [0.4, 0.5) is 0 Å². The van der Waals surface area contributed by atoms with Crippen molar-refractivity contribution in [1.29, 1.82) is 0 Å². The van der Waals surface area contributed by atoms with Crippen molar-refractivity contribution >= 4 is 17.6 Å². The smallest absolute Gasteiger partial charge is 0.307 e. The molecule has 1 atom stereocenters. The molecule has 0 aliphatic heterocycles. The summed E-state index contributed by atoms with van der Waals surface area (Å²) in [5, 5.41) is 9.08. The lowest BCUT2D eigenvalue weighted by Crippen LogP contribution is -2.16.